The molecule has 0 spiro atoms. The lowest BCUT2D eigenvalue weighted by Gasteiger charge is -2.40. The first kappa shape index (κ1) is 17.9. The Bertz CT molecular complexity index is 1190. The zero-order valence-corrected chi connectivity index (χ0v) is 16.9. The number of aromatic amines is 1. The molecule has 2 aromatic carbocycles. The van der Waals surface area contributed by atoms with Crippen LogP contribution in [0.1, 0.15) is 16.8 Å². The maximum atomic E-state index is 13.1. The number of rotatable bonds is 2. The summed E-state index contributed by atoms with van der Waals surface area (Å²) in [7, 11) is 0. The molecule has 1 aromatic heterocycles. The summed E-state index contributed by atoms with van der Waals surface area (Å²) in [5.41, 5.74) is 3.54. The molecule has 5 rings (SSSR count). The first-order chi connectivity index (χ1) is 14.0. The molecule has 3 heterocycles. The number of piperazine rings is 1. The van der Waals surface area contributed by atoms with Crippen molar-refractivity contribution in [2.75, 3.05) is 6.54 Å². The maximum absolute atomic E-state index is 13.1. The predicted octanol–water partition coefficient (Wildman–Crippen LogP) is 2.77. The van der Waals surface area contributed by atoms with Gasteiger partial charge in [0.15, 0.2) is 0 Å². The van der Waals surface area contributed by atoms with E-state index in [0.29, 0.717) is 18.5 Å². The van der Waals surface area contributed by atoms with Crippen LogP contribution in [0.25, 0.3) is 10.9 Å². The molecule has 0 radical (unpaired) electrons. The van der Waals surface area contributed by atoms with Crippen LogP contribution < -0.4 is 0 Å². The number of H-pyrrole nitrogens is 1. The van der Waals surface area contributed by atoms with Crippen LogP contribution in [-0.4, -0.2) is 50.6 Å². The van der Waals surface area contributed by atoms with E-state index in [4.69, 9.17) is 0 Å². The minimum absolute atomic E-state index is 0.0514. The van der Waals surface area contributed by atoms with Crippen molar-refractivity contribution in [3.63, 3.8) is 0 Å². The van der Waals surface area contributed by atoms with E-state index >= 15 is 0 Å². The fraction of sp³-hybridized carbons (Fsp3) is 0.190. The average Bonchev–Trinajstić information content (AvgIpc) is 3.08. The van der Waals surface area contributed by atoms with E-state index in [-0.39, 0.29) is 24.1 Å². The van der Waals surface area contributed by atoms with Crippen molar-refractivity contribution in [2.24, 2.45) is 5.10 Å². The number of para-hydroxylation sites is 1. The summed E-state index contributed by atoms with van der Waals surface area (Å²) in [6.45, 7) is 0.277. The van der Waals surface area contributed by atoms with Crippen molar-refractivity contribution < 1.29 is 14.7 Å². The fourth-order valence-corrected chi connectivity index (χ4v) is 4.40. The number of halogens is 1. The van der Waals surface area contributed by atoms with Crippen molar-refractivity contribution in [3.05, 3.63) is 63.8 Å². The number of aromatic hydroxyl groups is 1. The Hall–Kier alpha value is -3.13. The fourth-order valence-electron chi connectivity index (χ4n) is 4.02. The third kappa shape index (κ3) is 3.00. The number of nitrogens with one attached hydrogen (secondary N) is 1. The van der Waals surface area contributed by atoms with E-state index in [1.54, 1.807) is 17.0 Å². The van der Waals surface area contributed by atoms with Crippen LogP contribution in [-0.2, 0) is 22.6 Å². The largest absolute Gasteiger partial charge is 0.507 e. The van der Waals surface area contributed by atoms with Gasteiger partial charge in [-0.05, 0) is 29.8 Å². The van der Waals surface area contributed by atoms with Crippen molar-refractivity contribution >= 4 is 44.9 Å². The highest BCUT2D eigenvalue weighted by molar-refractivity contribution is 9.10. The molecule has 2 amide bonds. The molecule has 2 N–H and O–H groups in total. The van der Waals surface area contributed by atoms with Gasteiger partial charge in [0.1, 0.15) is 18.3 Å². The number of hydrazone groups is 1. The zero-order valence-electron chi connectivity index (χ0n) is 15.3. The standard InChI is InChI=1S/C21H17BrN4O3/c22-13-5-6-19(27)12(7-13)9-23-26-11-20(28)25-10-17-15(8-18(25)21(26)29)14-3-1-2-4-16(14)24-17/h1-7,9,18,24,27H,8,10-11H2. The van der Waals surface area contributed by atoms with Gasteiger partial charge in [-0.1, -0.05) is 34.1 Å². The summed E-state index contributed by atoms with van der Waals surface area (Å²) in [4.78, 5) is 30.8. The summed E-state index contributed by atoms with van der Waals surface area (Å²) < 4.78 is 0.781. The lowest BCUT2D eigenvalue weighted by atomic mass is 9.94. The Kier molecular flexibility index (Phi) is 4.16. The second-order valence-electron chi connectivity index (χ2n) is 7.21. The summed E-state index contributed by atoms with van der Waals surface area (Å²) in [6.07, 6.45) is 1.86. The third-order valence-corrected chi connectivity index (χ3v) is 5.97. The number of hydrogen-bond donors (Lipinski definition) is 2. The lowest BCUT2D eigenvalue weighted by molar-refractivity contribution is -0.157. The molecule has 1 fully saturated rings. The number of carbonyl (C=O) groups excluding carboxylic acids is 2. The summed E-state index contributed by atoms with van der Waals surface area (Å²) in [6, 6.07) is 12.3. The number of hydrogen-bond acceptors (Lipinski definition) is 4. The number of benzene rings is 2. The molecule has 146 valence electrons. The van der Waals surface area contributed by atoms with Crippen LogP contribution in [0, 0.1) is 0 Å². The van der Waals surface area contributed by atoms with Crippen LogP contribution in [0.2, 0.25) is 0 Å². The molecule has 8 heteroatoms. The van der Waals surface area contributed by atoms with Crippen LogP contribution in [0.3, 0.4) is 0 Å². The molecule has 1 saturated heterocycles. The van der Waals surface area contributed by atoms with Gasteiger partial charge in [-0.3, -0.25) is 9.59 Å². The van der Waals surface area contributed by atoms with Gasteiger partial charge in [-0.25, -0.2) is 5.01 Å². The molecular formula is C21H17BrN4O3. The number of carbonyl (C=O) groups is 2. The average molecular weight is 453 g/mol. The number of nitrogens with zero attached hydrogens (tertiary/aromatic N) is 3. The van der Waals surface area contributed by atoms with E-state index in [0.717, 1.165) is 26.6 Å². The Morgan fingerprint density at radius 1 is 1.17 bits per heavy atom. The van der Waals surface area contributed by atoms with Gasteiger partial charge in [-0.15, -0.1) is 0 Å². The van der Waals surface area contributed by atoms with Gasteiger partial charge in [0.25, 0.3) is 5.91 Å². The molecule has 0 aliphatic carbocycles. The van der Waals surface area contributed by atoms with Crippen molar-refractivity contribution in [1.29, 1.82) is 0 Å². The number of fused-ring (bicyclic) bond motifs is 4. The quantitative estimate of drug-likeness (QED) is 0.585. The number of aromatic nitrogens is 1. The highest BCUT2D eigenvalue weighted by atomic mass is 79.9. The Morgan fingerprint density at radius 3 is 2.86 bits per heavy atom. The van der Waals surface area contributed by atoms with Crippen molar-refractivity contribution in [1.82, 2.24) is 14.9 Å². The normalized spacial score (nSPS) is 19.1. The van der Waals surface area contributed by atoms with Gasteiger partial charge in [0.2, 0.25) is 5.91 Å². The maximum Gasteiger partial charge on any atom is 0.266 e. The van der Waals surface area contributed by atoms with E-state index in [1.807, 2.05) is 24.3 Å². The second-order valence-corrected chi connectivity index (χ2v) is 8.13. The Labute approximate surface area is 174 Å². The minimum Gasteiger partial charge on any atom is -0.507 e. The molecule has 29 heavy (non-hydrogen) atoms. The summed E-state index contributed by atoms with van der Waals surface area (Å²) in [5.74, 6) is -0.309. The summed E-state index contributed by atoms with van der Waals surface area (Å²) >= 11 is 3.34. The monoisotopic (exact) mass is 452 g/mol. The third-order valence-electron chi connectivity index (χ3n) is 5.47. The van der Waals surface area contributed by atoms with Crippen LogP contribution >= 0.6 is 15.9 Å². The van der Waals surface area contributed by atoms with E-state index in [9.17, 15) is 14.7 Å². The van der Waals surface area contributed by atoms with E-state index in [2.05, 4.69) is 26.0 Å². The van der Waals surface area contributed by atoms with E-state index < -0.39 is 6.04 Å². The first-order valence-corrected chi connectivity index (χ1v) is 10.0. The molecule has 7 nitrogen and oxygen atoms in total. The number of phenolic OH excluding ortho intramolecular Hbond substituents is 1. The van der Waals surface area contributed by atoms with Gasteiger partial charge in [-0.2, -0.15) is 5.10 Å². The molecule has 0 bridgehead atoms. The van der Waals surface area contributed by atoms with Crippen LogP contribution in [0.4, 0.5) is 0 Å². The molecule has 2 aliphatic heterocycles. The van der Waals surface area contributed by atoms with Gasteiger partial charge >= 0.3 is 0 Å². The van der Waals surface area contributed by atoms with Gasteiger partial charge in [0, 0.05) is 33.1 Å². The van der Waals surface area contributed by atoms with Crippen LogP contribution in [0.15, 0.2) is 52.0 Å². The SMILES string of the molecule is O=C1C2Cc3c([nH]c4ccccc34)CN2C(=O)CN1N=Cc1cc(Br)ccc1O. The molecular weight excluding hydrogens is 436 g/mol. The molecule has 0 saturated carbocycles. The number of phenols is 1. The minimum atomic E-state index is -0.573. The van der Waals surface area contributed by atoms with Gasteiger partial charge in [0.05, 0.1) is 12.8 Å². The van der Waals surface area contributed by atoms with Crippen molar-refractivity contribution in [3.8, 4) is 5.75 Å². The highest BCUT2D eigenvalue weighted by Gasteiger charge is 2.43. The topological polar surface area (TPSA) is 89.0 Å². The molecule has 1 atom stereocenters. The van der Waals surface area contributed by atoms with Crippen molar-refractivity contribution in [2.45, 2.75) is 19.0 Å². The first-order valence-electron chi connectivity index (χ1n) is 9.23. The molecule has 3 aromatic rings. The lowest BCUT2D eigenvalue weighted by Crippen LogP contribution is -2.60. The number of amides is 2. The highest BCUT2D eigenvalue weighted by Crippen LogP contribution is 2.32. The molecule has 2 aliphatic rings. The van der Waals surface area contributed by atoms with E-state index in [1.165, 1.54) is 17.3 Å². The Morgan fingerprint density at radius 2 is 2.00 bits per heavy atom. The predicted molar refractivity (Wildman–Crippen MR) is 111 cm³/mol. The zero-order chi connectivity index (χ0) is 20.1. The smallest absolute Gasteiger partial charge is 0.266 e. The Balaban J connectivity index is 1.45. The molecule has 1 unspecified atom stereocenters. The van der Waals surface area contributed by atoms with Gasteiger partial charge < -0.3 is 15.0 Å². The van der Waals surface area contributed by atoms with Crippen LogP contribution in [0.5, 0.6) is 5.75 Å². The summed E-state index contributed by atoms with van der Waals surface area (Å²) in [5, 5.41) is 16.5. The second kappa shape index (κ2) is 6.73.